The predicted molar refractivity (Wildman–Crippen MR) is 94.0 cm³/mol. The number of hydrogen-bond donors (Lipinski definition) is 1. The molecule has 2 rings (SSSR count). The molecule has 138 valence electrons. The van der Waals surface area contributed by atoms with Gasteiger partial charge < -0.3 is 14.5 Å². The highest BCUT2D eigenvalue weighted by Gasteiger charge is 2.24. The van der Waals surface area contributed by atoms with E-state index >= 15 is 0 Å². The van der Waals surface area contributed by atoms with Crippen molar-refractivity contribution in [2.75, 3.05) is 5.32 Å². The van der Waals surface area contributed by atoms with E-state index in [0.29, 0.717) is 5.69 Å². The Kier molecular flexibility index (Phi) is 6.11. The SMILES string of the molecule is CC[C@H](C)c1ccccc1NC(=O)[C@H](C)OC(=O)c1ccc([N+](=O)[O-])o1. The Bertz CT molecular complexity index is 814. The molecule has 0 fully saturated rings. The molecule has 0 saturated carbocycles. The van der Waals surface area contributed by atoms with E-state index < -0.39 is 28.8 Å². The van der Waals surface area contributed by atoms with Gasteiger partial charge in [-0.2, -0.15) is 0 Å². The Hall–Kier alpha value is -3.16. The summed E-state index contributed by atoms with van der Waals surface area (Å²) in [4.78, 5) is 34.1. The fraction of sp³-hybridized carbons (Fsp3) is 0.333. The van der Waals surface area contributed by atoms with Crippen LogP contribution in [0.3, 0.4) is 0 Å². The summed E-state index contributed by atoms with van der Waals surface area (Å²) >= 11 is 0. The third-order valence-electron chi connectivity index (χ3n) is 3.99. The molecular weight excluding hydrogens is 340 g/mol. The van der Waals surface area contributed by atoms with Crippen LogP contribution in [-0.4, -0.2) is 22.9 Å². The number of nitro groups is 1. The summed E-state index contributed by atoms with van der Waals surface area (Å²) in [6.07, 6.45) is -0.189. The molecule has 2 aromatic rings. The lowest BCUT2D eigenvalue weighted by molar-refractivity contribution is -0.402. The molecule has 0 unspecified atom stereocenters. The third-order valence-corrected chi connectivity index (χ3v) is 3.99. The molecule has 26 heavy (non-hydrogen) atoms. The first kappa shape index (κ1) is 19.2. The van der Waals surface area contributed by atoms with Crippen LogP contribution in [0.2, 0.25) is 0 Å². The number of amides is 1. The fourth-order valence-corrected chi connectivity index (χ4v) is 2.30. The quantitative estimate of drug-likeness (QED) is 0.455. The molecule has 0 aliphatic carbocycles. The van der Waals surface area contributed by atoms with E-state index in [1.807, 2.05) is 12.1 Å². The zero-order chi connectivity index (χ0) is 19.3. The number of rotatable bonds is 7. The lowest BCUT2D eigenvalue weighted by Gasteiger charge is -2.17. The van der Waals surface area contributed by atoms with E-state index in [-0.39, 0.29) is 11.7 Å². The first-order valence-electron chi connectivity index (χ1n) is 8.18. The molecule has 0 aliphatic rings. The number of carbonyl (C=O) groups excluding carboxylic acids is 2. The second-order valence-electron chi connectivity index (χ2n) is 5.83. The van der Waals surface area contributed by atoms with Gasteiger partial charge in [0.25, 0.3) is 5.91 Å². The highest BCUT2D eigenvalue weighted by Crippen LogP contribution is 2.26. The van der Waals surface area contributed by atoms with E-state index in [0.717, 1.165) is 24.1 Å². The first-order chi connectivity index (χ1) is 12.3. The Morgan fingerprint density at radius 2 is 1.92 bits per heavy atom. The minimum atomic E-state index is -1.10. The van der Waals surface area contributed by atoms with Gasteiger partial charge in [0, 0.05) is 5.69 Å². The van der Waals surface area contributed by atoms with Gasteiger partial charge in [-0.1, -0.05) is 32.0 Å². The highest BCUT2D eigenvalue weighted by molar-refractivity contribution is 5.97. The Morgan fingerprint density at radius 3 is 2.54 bits per heavy atom. The summed E-state index contributed by atoms with van der Waals surface area (Å²) in [6, 6.07) is 9.59. The summed E-state index contributed by atoms with van der Waals surface area (Å²) in [6.45, 7) is 5.52. The molecule has 0 radical (unpaired) electrons. The number of esters is 1. The number of carbonyl (C=O) groups is 2. The number of ether oxygens (including phenoxy) is 1. The van der Waals surface area contributed by atoms with Crippen molar-refractivity contribution < 1.29 is 23.7 Å². The smallest absolute Gasteiger partial charge is 0.433 e. The summed E-state index contributed by atoms with van der Waals surface area (Å²) in [7, 11) is 0. The minimum absolute atomic E-state index is 0.257. The van der Waals surface area contributed by atoms with Crippen LogP contribution in [0.4, 0.5) is 11.6 Å². The topological polar surface area (TPSA) is 112 Å². The van der Waals surface area contributed by atoms with Crippen LogP contribution in [-0.2, 0) is 9.53 Å². The number of para-hydroxylation sites is 1. The molecule has 8 nitrogen and oxygen atoms in total. The molecule has 2 atom stereocenters. The van der Waals surface area contributed by atoms with E-state index in [2.05, 4.69) is 19.2 Å². The van der Waals surface area contributed by atoms with Gasteiger partial charge in [-0.3, -0.25) is 14.9 Å². The average Bonchev–Trinajstić information content (AvgIpc) is 3.12. The number of nitrogens with zero attached hydrogens (tertiary/aromatic N) is 1. The van der Waals surface area contributed by atoms with Crippen molar-refractivity contribution in [2.24, 2.45) is 0 Å². The van der Waals surface area contributed by atoms with Crippen molar-refractivity contribution >= 4 is 23.4 Å². The minimum Gasteiger partial charge on any atom is -0.447 e. The first-order valence-corrected chi connectivity index (χ1v) is 8.18. The molecule has 1 aromatic carbocycles. The summed E-state index contributed by atoms with van der Waals surface area (Å²) in [5, 5.41) is 13.3. The van der Waals surface area contributed by atoms with Crippen LogP contribution in [0.15, 0.2) is 40.8 Å². The van der Waals surface area contributed by atoms with Gasteiger partial charge in [-0.25, -0.2) is 4.79 Å². The van der Waals surface area contributed by atoms with Crippen LogP contribution < -0.4 is 5.32 Å². The fourth-order valence-electron chi connectivity index (χ4n) is 2.30. The Labute approximate surface area is 150 Å². The van der Waals surface area contributed by atoms with Crippen molar-refractivity contribution in [2.45, 2.75) is 39.2 Å². The van der Waals surface area contributed by atoms with Gasteiger partial charge in [0.1, 0.15) is 4.92 Å². The van der Waals surface area contributed by atoms with Crippen molar-refractivity contribution in [3.8, 4) is 0 Å². The molecule has 0 spiro atoms. The normalized spacial score (nSPS) is 12.9. The Morgan fingerprint density at radius 1 is 1.23 bits per heavy atom. The maximum Gasteiger partial charge on any atom is 0.433 e. The van der Waals surface area contributed by atoms with E-state index in [1.54, 1.807) is 12.1 Å². The zero-order valence-corrected chi connectivity index (χ0v) is 14.7. The average molecular weight is 360 g/mol. The second-order valence-corrected chi connectivity index (χ2v) is 5.83. The van der Waals surface area contributed by atoms with Gasteiger partial charge in [-0.15, -0.1) is 0 Å². The van der Waals surface area contributed by atoms with Crippen LogP contribution >= 0.6 is 0 Å². The van der Waals surface area contributed by atoms with Crippen molar-refractivity contribution in [1.82, 2.24) is 0 Å². The van der Waals surface area contributed by atoms with E-state index in [1.165, 1.54) is 6.92 Å². The second kappa shape index (κ2) is 8.28. The van der Waals surface area contributed by atoms with E-state index in [9.17, 15) is 19.7 Å². The molecular formula is C18H20N2O6. The number of hydrogen-bond acceptors (Lipinski definition) is 6. The van der Waals surface area contributed by atoms with Crippen molar-refractivity contribution in [3.05, 3.63) is 57.8 Å². The van der Waals surface area contributed by atoms with Crippen LogP contribution in [0, 0.1) is 10.1 Å². The van der Waals surface area contributed by atoms with E-state index in [4.69, 9.17) is 9.15 Å². The number of nitrogens with one attached hydrogen (secondary N) is 1. The predicted octanol–water partition coefficient (Wildman–Crippen LogP) is 3.89. The standard InChI is InChI=1S/C18H20N2O6/c1-4-11(2)13-7-5-6-8-14(13)19-17(21)12(3)25-18(22)15-9-10-16(26-15)20(23)24/h5-12H,4H2,1-3H3,(H,19,21)/t11-,12-/m0/s1. The van der Waals surface area contributed by atoms with Crippen LogP contribution in [0.5, 0.6) is 0 Å². The molecule has 1 amide bonds. The van der Waals surface area contributed by atoms with Gasteiger partial charge in [0.05, 0.1) is 6.07 Å². The molecule has 8 heteroatoms. The highest BCUT2D eigenvalue weighted by atomic mass is 16.7. The van der Waals surface area contributed by atoms with Gasteiger partial charge in [0.15, 0.2) is 6.10 Å². The summed E-state index contributed by atoms with van der Waals surface area (Å²) in [5.74, 6) is -2.10. The monoisotopic (exact) mass is 360 g/mol. The molecule has 0 aliphatic heterocycles. The zero-order valence-electron chi connectivity index (χ0n) is 14.7. The number of benzene rings is 1. The molecule has 1 heterocycles. The Balaban J connectivity index is 2.03. The molecule has 1 N–H and O–H groups in total. The third kappa shape index (κ3) is 4.47. The maximum absolute atomic E-state index is 12.3. The number of furan rings is 1. The summed E-state index contributed by atoms with van der Waals surface area (Å²) < 4.78 is 9.79. The lowest BCUT2D eigenvalue weighted by atomic mass is 9.97. The van der Waals surface area contributed by atoms with Crippen LogP contribution in [0.1, 0.15) is 49.2 Å². The summed E-state index contributed by atoms with van der Waals surface area (Å²) in [5.41, 5.74) is 1.65. The lowest BCUT2D eigenvalue weighted by Crippen LogP contribution is -2.30. The number of anilines is 1. The molecule has 0 bridgehead atoms. The van der Waals surface area contributed by atoms with Crippen molar-refractivity contribution in [1.29, 1.82) is 0 Å². The van der Waals surface area contributed by atoms with Crippen LogP contribution in [0.25, 0.3) is 0 Å². The maximum atomic E-state index is 12.3. The van der Waals surface area contributed by atoms with Gasteiger partial charge >= 0.3 is 11.9 Å². The van der Waals surface area contributed by atoms with Gasteiger partial charge in [-0.05, 0) is 37.0 Å². The molecule has 0 saturated heterocycles. The van der Waals surface area contributed by atoms with Gasteiger partial charge in [0.2, 0.25) is 5.76 Å². The van der Waals surface area contributed by atoms with Crippen molar-refractivity contribution in [3.63, 3.8) is 0 Å². The largest absolute Gasteiger partial charge is 0.447 e. The molecule has 1 aromatic heterocycles.